The van der Waals surface area contributed by atoms with Crippen molar-refractivity contribution in [1.82, 2.24) is 0 Å². The van der Waals surface area contributed by atoms with Crippen LogP contribution in [-0.2, 0) is 30.6 Å². The van der Waals surface area contributed by atoms with Crippen molar-refractivity contribution in [1.29, 1.82) is 0 Å². The van der Waals surface area contributed by atoms with Crippen LogP contribution in [0.3, 0.4) is 0 Å². The molecule has 0 heterocycles. The van der Waals surface area contributed by atoms with Crippen LogP contribution in [0.25, 0.3) is 16.9 Å². The van der Waals surface area contributed by atoms with Crippen molar-refractivity contribution in [2.75, 3.05) is 0 Å². The molecule has 1 amide bonds. The Balaban J connectivity index is 0.00000131. The summed E-state index contributed by atoms with van der Waals surface area (Å²) in [6, 6.07) is 17.1. The van der Waals surface area contributed by atoms with Gasteiger partial charge in [0, 0.05) is 46.0 Å². The smallest absolute Gasteiger partial charge is 0.0560 e. The first-order valence-electron chi connectivity index (χ1n) is 9.31. The minimum absolute atomic E-state index is 0. The number of carbonyl (C=O) groups excluding carboxylic acids is 1. The molecule has 1 radical (unpaired) electrons. The molecular weight excluding hydrogens is 572 g/mol. The van der Waals surface area contributed by atoms with E-state index in [9.17, 15) is 4.79 Å². The molecule has 4 rings (SSSR count). The number of hydrogen-bond acceptors (Lipinski definition) is 1. The quantitative estimate of drug-likeness (QED) is 0.463. The molecule has 1 saturated carbocycles. The van der Waals surface area contributed by atoms with E-state index in [1.165, 1.54) is 28.7 Å². The van der Waals surface area contributed by atoms with Crippen molar-refractivity contribution in [3.63, 3.8) is 0 Å². The topological polar surface area (TPSA) is 40.9 Å². The summed E-state index contributed by atoms with van der Waals surface area (Å²) in [5, 5.41) is 0. The summed E-state index contributed by atoms with van der Waals surface area (Å²) in [4.78, 5) is 12.9. The second-order valence-corrected chi connectivity index (χ2v) is 10.7. The Hall–Kier alpha value is -0.423. The fourth-order valence-corrected chi connectivity index (χ4v) is 7.71. The van der Waals surface area contributed by atoms with Gasteiger partial charge in [-0.3, -0.25) is 0 Å². The first kappa shape index (κ1) is 25.6. The predicted octanol–water partition coefficient (Wildman–Crippen LogP) is 0.0682. The van der Waals surface area contributed by atoms with Crippen molar-refractivity contribution in [2.24, 2.45) is 5.41 Å². The molecule has 2 nitrogen and oxygen atoms in total. The molecule has 0 saturated heterocycles. The average Bonchev–Trinajstić information content (AvgIpc) is 2.96. The van der Waals surface area contributed by atoms with Crippen LogP contribution >= 0.6 is 0 Å². The number of carbonyl (C=O) groups is 1. The number of fused-ring (bicyclic) bond motifs is 3. The second-order valence-electron chi connectivity index (χ2n) is 7.85. The number of benzene rings is 2. The molecule has 0 spiro atoms. The van der Waals surface area contributed by atoms with E-state index in [0.29, 0.717) is 5.54 Å². The Kier molecular flexibility index (Phi) is 9.20. The molecule has 0 aromatic heterocycles. The Morgan fingerprint density at radius 1 is 0.964 bits per heavy atom. The van der Waals surface area contributed by atoms with Gasteiger partial charge in [-0.1, -0.05) is 80.9 Å². The maximum atomic E-state index is 12.9. The van der Waals surface area contributed by atoms with Gasteiger partial charge in [-0.2, -0.15) is 0 Å². The van der Waals surface area contributed by atoms with E-state index in [0.717, 1.165) is 19.3 Å². The molecule has 2 aliphatic carbocycles. The van der Waals surface area contributed by atoms with Crippen molar-refractivity contribution in [3.8, 4) is 11.1 Å². The molecular formula is C22H25Cl2HfNOSi-3. The maximum Gasteiger partial charge on any atom is 0.0560 e. The Morgan fingerprint density at radius 2 is 1.46 bits per heavy atom. The number of halogens is 2. The predicted molar refractivity (Wildman–Crippen MR) is 105 cm³/mol. The van der Waals surface area contributed by atoms with Gasteiger partial charge in [0.15, 0.2) is 0 Å². The number of nitrogens with one attached hydrogen (secondary N) is 1. The zero-order valence-corrected chi connectivity index (χ0v) is 22.4. The Bertz CT molecular complexity index is 786. The fraction of sp³-hybridized carbons (Fsp3) is 0.409. The minimum Gasteiger partial charge on any atom is -1.00 e. The molecule has 0 bridgehead atoms. The van der Waals surface area contributed by atoms with Crippen LogP contribution in [0.2, 0.25) is 18.6 Å². The van der Waals surface area contributed by atoms with Gasteiger partial charge in [0.05, 0.1) is 5.91 Å². The molecule has 149 valence electrons. The van der Waals surface area contributed by atoms with Crippen LogP contribution in [-0.4, -0.2) is 14.7 Å². The van der Waals surface area contributed by atoms with Gasteiger partial charge >= 0.3 is 0 Å². The van der Waals surface area contributed by atoms with Crippen molar-refractivity contribution < 1.29 is 55.5 Å². The third kappa shape index (κ3) is 3.82. The molecule has 28 heavy (non-hydrogen) atoms. The van der Waals surface area contributed by atoms with Crippen LogP contribution in [0, 0.1) is 5.41 Å². The van der Waals surface area contributed by atoms with E-state index in [1.54, 1.807) is 0 Å². The summed E-state index contributed by atoms with van der Waals surface area (Å²) in [7, 11) is -0.666. The van der Waals surface area contributed by atoms with Crippen LogP contribution < -0.4 is 24.8 Å². The Morgan fingerprint density at radius 3 is 1.93 bits per heavy atom. The van der Waals surface area contributed by atoms with Gasteiger partial charge in [-0.05, 0) is 34.2 Å². The second kappa shape index (κ2) is 10.1. The summed E-state index contributed by atoms with van der Waals surface area (Å²) in [5.41, 5.74) is 13.2. The Labute approximate surface area is 201 Å². The average molecular weight is 597 g/mol. The molecule has 1 fully saturated rings. The molecule has 2 unspecified atom stereocenters. The van der Waals surface area contributed by atoms with Gasteiger partial charge in [-0.25, -0.2) is 0 Å². The largest absolute Gasteiger partial charge is 1.00 e. The molecule has 0 aliphatic heterocycles. The van der Waals surface area contributed by atoms with E-state index in [-0.39, 0.29) is 62.5 Å². The van der Waals surface area contributed by atoms with Gasteiger partial charge in [0.1, 0.15) is 0 Å². The molecule has 6 heteroatoms. The van der Waals surface area contributed by atoms with Crippen LogP contribution in [0.5, 0.6) is 0 Å². The van der Waals surface area contributed by atoms with E-state index in [2.05, 4.69) is 61.6 Å². The number of rotatable bonds is 3. The maximum absolute atomic E-state index is 12.9. The monoisotopic (exact) mass is 597 g/mol. The summed E-state index contributed by atoms with van der Waals surface area (Å²) in [6.07, 6.45) is 4.23. The molecule has 2 aliphatic rings. The third-order valence-corrected chi connectivity index (χ3v) is 8.62. The summed E-state index contributed by atoms with van der Waals surface area (Å²) in [6.45, 7) is 4.65. The first-order valence-corrected chi connectivity index (χ1v) is 11.9. The SMILES string of the molecule is C[Si](C)C1CCCCC1(C([NH-])=O)C1c2ccccc2-c2ccccc21.[Cl-].[Cl-].[Hf]. The van der Waals surface area contributed by atoms with Crippen molar-refractivity contribution >= 4 is 14.7 Å². The van der Waals surface area contributed by atoms with E-state index in [4.69, 9.17) is 5.73 Å². The summed E-state index contributed by atoms with van der Waals surface area (Å²) < 4.78 is 0. The van der Waals surface area contributed by atoms with Crippen LogP contribution in [0.1, 0.15) is 42.7 Å². The first-order chi connectivity index (χ1) is 12.1. The van der Waals surface area contributed by atoms with E-state index >= 15 is 0 Å². The van der Waals surface area contributed by atoms with Gasteiger partial charge in [0.2, 0.25) is 0 Å². The fourth-order valence-electron chi connectivity index (χ4n) is 5.46. The van der Waals surface area contributed by atoms with Gasteiger partial charge in [-0.15, -0.1) is 0 Å². The van der Waals surface area contributed by atoms with E-state index < -0.39 is 14.2 Å². The number of amides is 1. The van der Waals surface area contributed by atoms with Crippen LogP contribution in [0.4, 0.5) is 0 Å². The molecule has 2 atom stereocenters. The van der Waals surface area contributed by atoms with Crippen LogP contribution in [0.15, 0.2) is 48.5 Å². The minimum atomic E-state index is -0.666. The van der Waals surface area contributed by atoms with E-state index in [1.807, 2.05) is 0 Å². The van der Waals surface area contributed by atoms with Crippen molar-refractivity contribution in [3.05, 3.63) is 65.4 Å². The summed E-state index contributed by atoms with van der Waals surface area (Å²) in [5.74, 6) is -0.282. The zero-order valence-electron chi connectivity index (χ0n) is 16.3. The zero-order chi connectivity index (χ0) is 17.6. The van der Waals surface area contributed by atoms with Gasteiger partial charge < -0.3 is 35.3 Å². The number of hydrogen-bond donors (Lipinski definition) is 0. The van der Waals surface area contributed by atoms with Gasteiger partial charge in [0.25, 0.3) is 0 Å². The van der Waals surface area contributed by atoms with Crippen molar-refractivity contribution in [2.45, 2.75) is 50.2 Å². The molecule has 2 aromatic carbocycles. The normalized spacial score (nSPS) is 22.9. The molecule has 2 aromatic rings. The standard InChI is InChI=1S/C22H26NOSi.2ClH.Hf/c1-25(2)19-13-7-8-14-22(19,21(23)24)20-17-11-5-3-9-15(17)16-10-4-6-12-18(16)20;;;/h3-6,9-12,19-20H,7-8,13-14H2,1-2H3,(H2,23,24);2*1H;/p-3. The summed E-state index contributed by atoms with van der Waals surface area (Å²) >= 11 is 0. The molecule has 1 N–H and O–H groups in total. The third-order valence-electron chi connectivity index (χ3n) is 6.42.